The lowest BCUT2D eigenvalue weighted by Gasteiger charge is -2.18. The van der Waals surface area contributed by atoms with Gasteiger partial charge in [-0.05, 0) is 99.0 Å². The summed E-state index contributed by atoms with van der Waals surface area (Å²) in [7, 11) is 0. The zero-order chi connectivity index (χ0) is 31.9. The third-order valence-electron chi connectivity index (χ3n) is 7.44. The van der Waals surface area contributed by atoms with Crippen molar-refractivity contribution in [3.05, 3.63) is 95.1 Å². The van der Waals surface area contributed by atoms with Crippen LogP contribution in [0.15, 0.2) is 72.8 Å². The Labute approximate surface area is 260 Å². The molecule has 0 spiro atoms. The van der Waals surface area contributed by atoms with Crippen LogP contribution in [0.4, 0.5) is 11.4 Å². The third kappa shape index (κ3) is 10.3. The number of amides is 4. The van der Waals surface area contributed by atoms with Gasteiger partial charge in [0.2, 0.25) is 0 Å². The van der Waals surface area contributed by atoms with Crippen molar-refractivity contribution >= 4 is 35.0 Å². The number of nitrogens with zero attached hydrogens (tertiary/aromatic N) is 2. The van der Waals surface area contributed by atoms with Gasteiger partial charge >= 0.3 is 0 Å². The van der Waals surface area contributed by atoms with Gasteiger partial charge in [-0.3, -0.25) is 19.2 Å². The van der Waals surface area contributed by atoms with E-state index in [1.807, 2.05) is 0 Å². The molecular weight excluding hydrogens is 556 g/mol. The van der Waals surface area contributed by atoms with Gasteiger partial charge in [0, 0.05) is 59.8 Å². The lowest BCUT2D eigenvalue weighted by atomic mass is 10.1. The SMILES string of the molecule is CCN(CC)CCNC(=O)c1ccc(NC(=O)c2ccc(C(=O)Nc3ccc(C(=O)NCCN(CC)CC)cc3)cc2)cc1. The van der Waals surface area contributed by atoms with E-state index in [1.54, 1.807) is 72.8 Å². The molecule has 0 aromatic heterocycles. The molecule has 0 heterocycles. The van der Waals surface area contributed by atoms with E-state index < -0.39 is 0 Å². The molecule has 4 N–H and O–H groups in total. The van der Waals surface area contributed by atoms with Crippen molar-refractivity contribution in [2.24, 2.45) is 0 Å². The largest absolute Gasteiger partial charge is 0.351 e. The second-order valence-electron chi connectivity index (χ2n) is 10.2. The molecule has 3 aromatic rings. The monoisotopic (exact) mass is 600 g/mol. The Morgan fingerprint density at radius 1 is 0.455 bits per heavy atom. The second-order valence-corrected chi connectivity index (χ2v) is 10.2. The summed E-state index contributed by atoms with van der Waals surface area (Å²) in [5.74, 6) is -0.989. The highest BCUT2D eigenvalue weighted by molar-refractivity contribution is 6.07. The Bertz CT molecular complexity index is 1260. The van der Waals surface area contributed by atoms with Crippen LogP contribution in [0.2, 0.25) is 0 Å². The van der Waals surface area contributed by atoms with Crippen molar-refractivity contribution in [2.45, 2.75) is 27.7 Å². The zero-order valence-corrected chi connectivity index (χ0v) is 26.1. The molecule has 0 fully saturated rings. The van der Waals surface area contributed by atoms with E-state index in [0.717, 1.165) is 39.3 Å². The van der Waals surface area contributed by atoms with Gasteiger partial charge in [0.15, 0.2) is 0 Å². The minimum Gasteiger partial charge on any atom is -0.351 e. The molecule has 10 nitrogen and oxygen atoms in total. The average molecular weight is 601 g/mol. The summed E-state index contributed by atoms with van der Waals surface area (Å²) >= 11 is 0. The van der Waals surface area contributed by atoms with E-state index in [1.165, 1.54) is 0 Å². The Morgan fingerprint density at radius 2 is 0.727 bits per heavy atom. The van der Waals surface area contributed by atoms with E-state index >= 15 is 0 Å². The Hall–Kier alpha value is -4.54. The molecule has 234 valence electrons. The molecular formula is C34H44N6O4. The Morgan fingerprint density at radius 3 is 1.02 bits per heavy atom. The van der Waals surface area contributed by atoms with Crippen molar-refractivity contribution in [3.63, 3.8) is 0 Å². The van der Waals surface area contributed by atoms with Crippen LogP contribution in [0.1, 0.15) is 69.1 Å². The molecule has 0 aliphatic heterocycles. The van der Waals surface area contributed by atoms with Crippen LogP contribution >= 0.6 is 0 Å². The molecule has 0 bridgehead atoms. The predicted molar refractivity (Wildman–Crippen MR) is 175 cm³/mol. The smallest absolute Gasteiger partial charge is 0.255 e. The lowest BCUT2D eigenvalue weighted by Crippen LogP contribution is -2.34. The number of benzene rings is 3. The van der Waals surface area contributed by atoms with Gasteiger partial charge in [-0.2, -0.15) is 0 Å². The summed E-state index contributed by atoms with van der Waals surface area (Å²) in [6.45, 7) is 14.8. The standard InChI is InChI=1S/C34H44N6O4/c1-5-39(6-2)23-21-35-31(41)25-13-17-29(18-14-25)37-33(43)27-9-11-28(12-10-27)34(44)38-30-19-15-26(16-20-30)32(42)36-22-24-40(7-3)8-4/h9-20H,5-8,21-24H2,1-4H3,(H,35,41)(H,36,42)(H,37,43)(H,38,44). The predicted octanol–water partition coefficient (Wildman–Crippen LogP) is 4.33. The number of rotatable bonds is 16. The van der Waals surface area contributed by atoms with Crippen molar-refractivity contribution in [3.8, 4) is 0 Å². The molecule has 10 heteroatoms. The molecule has 44 heavy (non-hydrogen) atoms. The summed E-state index contributed by atoms with van der Waals surface area (Å²) in [5.41, 5.74) is 2.91. The first-order chi connectivity index (χ1) is 21.3. The van der Waals surface area contributed by atoms with Crippen molar-refractivity contribution in [2.75, 3.05) is 63.0 Å². The molecule has 0 saturated carbocycles. The van der Waals surface area contributed by atoms with Crippen molar-refractivity contribution in [1.29, 1.82) is 0 Å². The fourth-order valence-corrected chi connectivity index (χ4v) is 4.53. The third-order valence-corrected chi connectivity index (χ3v) is 7.44. The minimum atomic E-state index is -0.334. The van der Waals surface area contributed by atoms with E-state index in [0.29, 0.717) is 46.7 Å². The van der Waals surface area contributed by atoms with Crippen LogP contribution in [0.5, 0.6) is 0 Å². The quantitative estimate of drug-likeness (QED) is 0.194. The first-order valence-corrected chi connectivity index (χ1v) is 15.2. The second kappa shape index (κ2) is 17.5. The summed E-state index contributed by atoms with van der Waals surface area (Å²) in [4.78, 5) is 54.8. The highest BCUT2D eigenvalue weighted by Gasteiger charge is 2.12. The topological polar surface area (TPSA) is 123 Å². The molecule has 0 atom stereocenters. The van der Waals surface area contributed by atoms with E-state index in [4.69, 9.17) is 0 Å². The average Bonchev–Trinajstić information content (AvgIpc) is 3.05. The minimum absolute atomic E-state index is 0.160. The molecule has 0 aliphatic rings. The summed E-state index contributed by atoms with van der Waals surface area (Å²) in [6.07, 6.45) is 0. The molecule has 4 amide bonds. The molecule has 0 unspecified atom stereocenters. The molecule has 3 aromatic carbocycles. The van der Waals surface area contributed by atoms with E-state index in [-0.39, 0.29) is 23.6 Å². The van der Waals surface area contributed by atoms with Gasteiger partial charge in [-0.1, -0.05) is 27.7 Å². The van der Waals surface area contributed by atoms with Crippen molar-refractivity contribution < 1.29 is 19.2 Å². The summed E-state index contributed by atoms with van der Waals surface area (Å²) in [6, 6.07) is 19.7. The summed E-state index contributed by atoms with van der Waals surface area (Å²) < 4.78 is 0. The van der Waals surface area contributed by atoms with Gasteiger partial charge < -0.3 is 31.1 Å². The van der Waals surface area contributed by atoms with Gasteiger partial charge in [0.05, 0.1) is 0 Å². The molecule has 0 saturated heterocycles. The van der Waals surface area contributed by atoms with Crippen LogP contribution in [0.3, 0.4) is 0 Å². The fraction of sp³-hybridized carbons (Fsp3) is 0.353. The van der Waals surface area contributed by atoms with Crippen LogP contribution in [0.25, 0.3) is 0 Å². The number of anilines is 2. The Kier molecular flexibility index (Phi) is 13.5. The highest BCUT2D eigenvalue weighted by atomic mass is 16.2. The molecule has 0 radical (unpaired) electrons. The van der Waals surface area contributed by atoms with E-state index in [2.05, 4.69) is 58.8 Å². The lowest BCUT2D eigenvalue weighted by molar-refractivity contribution is 0.0941. The first-order valence-electron chi connectivity index (χ1n) is 15.2. The maximum absolute atomic E-state index is 12.8. The normalized spacial score (nSPS) is 10.9. The van der Waals surface area contributed by atoms with Gasteiger partial charge in [0.1, 0.15) is 0 Å². The van der Waals surface area contributed by atoms with Crippen LogP contribution in [0, 0.1) is 0 Å². The number of carbonyl (C=O) groups is 4. The van der Waals surface area contributed by atoms with Crippen molar-refractivity contribution in [1.82, 2.24) is 20.4 Å². The maximum Gasteiger partial charge on any atom is 0.255 e. The van der Waals surface area contributed by atoms with Crippen LogP contribution in [-0.4, -0.2) is 85.8 Å². The van der Waals surface area contributed by atoms with Gasteiger partial charge in [0.25, 0.3) is 23.6 Å². The van der Waals surface area contributed by atoms with E-state index in [9.17, 15) is 19.2 Å². The first kappa shape index (κ1) is 34.0. The fourth-order valence-electron chi connectivity index (χ4n) is 4.53. The van der Waals surface area contributed by atoms with Crippen LogP contribution < -0.4 is 21.3 Å². The number of nitrogens with one attached hydrogen (secondary N) is 4. The molecule has 3 rings (SSSR count). The number of likely N-dealkylation sites (N-methyl/N-ethyl adjacent to an activating group) is 2. The maximum atomic E-state index is 12.8. The summed E-state index contributed by atoms with van der Waals surface area (Å²) in [5, 5.41) is 11.5. The van der Waals surface area contributed by atoms with Gasteiger partial charge in [-0.15, -0.1) is 0 Å². The number of carbonyl (C=O) groups excluding carboxylic acids is 4. The Balaban J connectivity index is 1.47. The van der Waals surface area contributed by atoms with Gasteiger partial charge in [-0.25, -0.2) is 0 Å². The molecule has 0 aliphatic carbocycles. The zero-order valence-electron chi connectivity index (χ0n) is 26.1. The van der Waals surface area contributed by atoms with Crippen LogP contribution in [-0.2, 0) is 0 Å². The highest BCUT2D eigenvalue weighted by Crippen LogP contribution is 2.15. The number of hydrogen-bond donors (Lipinski definition) is 4. The number of hydrogen-bond acceptors (Lipinski definition) is 6.